The van der Waals surface area contributed by atoms with E-state index in [-0.39, 0.29) is 12.8 Å². The molecule has 17 heavy (non-hydrogen) atoms. The number of alkyl halides is 3. The van der Waals surface area contributed by atoms with Crippen LogP contribution < -0.4 is 5.32 Å². The average molecular weight is 252 g/mol. The molecule has 0 saturated carbocycles. The molecule has 5 heteroatoms. The van der Waals surface area contributed by atoms with Crippen LogP contribution in [0, 0.1) is 5.92 Å². The third-order valence-electron chi connectivity index (χ3n) is 3.65. The molecule has 1 saturated heterocycles. The summed E-state index contributed by atoms with van der Waals surface area (Å²) < 4.78 is 37.3. The molecular formula is C12H23F3N2. The van der Waals surface area contributed by atoms with Crippen LogP contribution in [0.2, 0.25) is 0 Å². The standard InChI is InChI=1S/C12H23F3N2/c1-10(16-2)4-3-7-17-8-5-11(6-9-17)12(13,14)15/h10-11,16H,3-9H2,1-2H3. The lowest BCUT2D eigenvalue weighted by molar-refractivity contribution is -0.185. The smallest absolute Gasteiger partial charge is 0.317 e. The molecule has 0 bridgehead atoms. The SMILES string of the molecule is CNC(C)CCCN1CCC(C(F)(F)F)CC1. The van der Waals surface area contributed by atoms with Crippen molar-refractivity contribution in [2.75, 3.05) is 26.7 Å². The molecule has 1 fully saturated rings. The molecule has 102 valence electrons. The van der Waals surface area contributed by atoms with E-state index in [2.05, 4.69) is 17.1 Å². The normalized spacial score (nSPS) is 21.7. The van der Waals surface area contributed by atoms with Crippen molar-refractivity contribution in [3.05, 3.63) is 0 Å². The van der Waals surface area contributed by atoms with Gasteiger partial charge in [0.2, 0.25) is 0 Å². The Labute approximate surface area is 102 Å². The second-order valence-electron chi connectivity index (χ2n) is 4.99. The van der Waals surface area contributed by atoms with E-state index in [9.17, 15) is 13.2 Å². The van der Waals surface area contributed by atoms with Crippen molar-refractivity contribution in [1.29, 1.82) is 0 Å². The quantitative estimate of drug-likeness (QED) is 0.809. The maximum atomic E-state index is 12.4. The van der Waals surface area contributed by atoms with Crippen LogP contribution in [0.4, 0.5) is 13.2 Å². The highest BCUT2D eigenvalue weighted by Crippen LogP contribution is 2.34. The van der Waals surface area contributed by atoms with Crippen molar-refractivity contribution in [2.45, 2.75) is 44.8 Å². The zero-order valence-corrected chi connectivity index (χ0v) is 10.7. The molecule has 1 N–H and O–H groups in total. The summed E-state index contributed by atoms with van der Waals surface area (Å²) in [5.41, 5.74) is 0. The fraction of sp³-hybridized carbons (Fsp3) is 1.00. The van der Waals surface area contributed by atoms with E-state index in [0.29, 0.717) is 19.1 Å². The molecule has 0 aromatic heterocycles. The van der Waals surface area contributed by atoms with Crippen LogP contribution in [-0.4, -0.2) is 43.8 Å². The van der Waals surface area contributed by atoms with E-state index >= 15 is 0 Å². The Balaban J connectivity index is 2.15. The van der Waals surface area contributed by atoms with E-state index in [1.807, 2.05) is 7.05 Å². The van der Waals surface area contributed by atoms with E-state index < -0.39 is 12.1 Å². The van der Waals surface area contributed by atoms with E-state index in [1.54, 1.807) is 0 Å². The molecule has 0 aromatic carbocycles. The highest BCUT2D eigenvalue weighted by Gasteiger charge is 2.40. The fourth-order valence-corrected chi connectivity index (χ4v) is 2.25. The molecule has 2 nitrogen and oxygen atoms in total. The summed E-state index contributed by atoms with van der Waals surface area (Å²) in [6.45, 7) is 4.24. The molecule has 0 aromatic rings. The lowest BCUT2D eigenvalue weighted by Crippen LogP contribution is -2.39. The van der Waals surface area contributed by atoms with E-state index in [0.717, 1.165) is 19.4 Å². The van der Waals surface area contributed by atoms with Gasteiger partial charge in [-0.1, -0.05) is 0 Å². The van der Waals surface area contributed by atoms with Crippen LogP contribution in [0.5, 0.6) is 0 Å². The number of piperidine rings is 1. The summed E-state index contributed by atoms with van der Waals surface area (Å²) in [5.74, 6) is -1.07. The highest BCUT2D eigenvalue weighted by atomic mass is 19.4. The van der Waals surface area contributed by atoms with Gasteiger partial charge in [0.15, 0.2) is 0 Å². The molecule has 1 rings (SSSR count). The van der Waals surface area contributed by atoms with Gasteiger partial charge in [0.1, 0.15) is 0 Å². The Kier molecular flexibility index (Phi) is 5.73. The summed E-state index contributed by atoms with van der Waals surface area (Å²) in [6.07, 6.45) is -1.32. The van der Waals surface area contributed by atoms with Gasteiger partial charge >= 0.3 is 6.18 Å². The third kappa shape index (κ3) is 5.25. The number of nitrogens with one attached hydrogen (secondary N) is 1. The maximum Gasteiger partial charge on any atom is 0.391 e. The molecule has 0 radical (unpaired) electrons. The Morgan fingerprint density at radius 2 is 1.88 bits per heavy atom. The molecule has 0 spiro atoms. The topological polar surface area (TPSA) is 15.3 Å². The largest absolute Gasteiger partial charge is 0.391 e. The van der Waals surface area contributed by atoms with Gasteiger partial charge in [-0.25, -0.2) is 0 Å². The van der Waals surface area contributed by atoms with Crippen LogP contribution >= 0.6 is 0 Å². The first kappa shape index (κ1) is 14.8. The van der Waals surface area contributed by atoms with Crippen molar-refractivity contribution >= 4 is 0 Å². The Morgan fingerprint density at radius 1 is 1.29 bits per heavy atom. The van der Waals surface area contributed by atoms with Gasteiger partial charge in [-0.05, 0) is 59.3 Å². The average Bonchev–Trinajstić information content (AvgIpc) is 2.28. The summed E-state index contributed by atoms with van der Waals surface area (Å²) >= 11 is 0. The molecule has 1 aliphatic heterocycles. The van der Waals surface area contributed by atoms with Gasteiger partial charge < -0.3 is 10.2 Å². The van der Waals surface area contributed by atoms with Crippen molar-refractivity contribution in [2.24, 2.45) is 5.92 Å². The summed E-state index contributed by atoms with van der Waals surface area (Å²) in [5, 5.41) is 3.16. The number of likely N-dealkylation sites (tertiary alicyclic amines) is 1. The van der Waals surface area contributed by atoms with Gasteiger partial charge in [-0.15, -0.1) is 0 Å². The minimum absolute atomic E-state index is 0.269. The zero-order chi connectivity index (χ0) is 12.9. The molecule has 1 heterocycles. The van der Waals surface area contributed by atoms with Gasteiger partial charge in [0, 0.05) is 6.04 Å². The van der Waals surface area contributed by atoms with Crippen LogP contribution in [0.15, 0.2) is 0 Å². The molecule has 1 atom stereocenters. The first-order chi connectivity index (χ1) is 7.93. The minimum atomic E-state index is -3.99. The predicted molar refractivity (Wildman–Crippen MR) is 63.0 cm³/mol. The molecular weight excluding hydrogens is 229 g/mol. The monoisotopic (exact) mass is 252 g/mol. The number of hydrogen-bond acceptors (Lipinski definition) is 2. The first-order valence-electron chi connectivity index (χ1n) is 6.40. The minimum Gasteiger partial charge on any atom is -0.317 e. The zero-order valence-electron chi connectivity index (χ0n) is 10.7. The van der Waals surface area contributed by atoms with Crippen LogP contribution in [0.25, 0.3) is 0 Å². The van der Waals surface area contributed by atoms with Gasteiger partial charge in [-0.3, -0.25) is 0 Å². The molecule has 0 amide bonds. The summed E-state index contributed by atoms with van der Waals surface area (Å²) in [7, 11) is 1.93. The maximum absolute atomic E-state index is 12.4. The lowest BCUT2D eigenvalue weighted by Gasteiger charge is -2.33. The van der Waals surface area contributed by atoms with Crippen LogP contribution in [0.3, 0.4) is 0 Å². The molecule has 1 aliphatic rings. The Hall–Kier alpha value is -0.290. The lowest BCUT2D eigenvalue weighted by atomic mass is 9.96. The third-order valence-corrected chi connectivity index (χ3v) is 3.65. The number of nitrogens with zero attached hydrogens (tertiary/aromatic N) is 1. The Morgan fingerprint density at radius 3 is 2.35 bits per heavy atom. The first-order valence-corrected chi connectivity index (χ1v) is 6.40. The summed E-state index contributed by atoms with van der Waals surface area (Å²) in [4.78, 5) is 2.16. The summed E-state index contributed by atoms with van der Waals surface area (Å²) in [6, 6.07) is 0.489. The molecule has 1 unspecified atom stereocenters. The van der Waals surface area contributed by atoms with E-state index in [1.165, 1.54) is 0 Å². The van der Waals surface area contributed by atoms with E-state index in [4.69, 9.17) is 0 Å². The van der Waals surface area contributed by atoms with Crippen molar-refractivity contribution in [3.8, 4) is 0 Å². The number of halogens is 3. The number of hydrogen-bond donors (Lipinski definition) is 1. The predicted octanol–water partition coefficient (Wildman–Crippen LogP) is 2.65. The van der Waals surface area contributed by atoms with Gasteiger partial charge in [0.05, 0.1) is 5.92 Å². The van der Waals surface area contributed by atoms with Gasteiger partial charge in [-0.2, -0.15) is 13.2 Å². The van der Waals surface area contributed by atoms with Crippen LogP contribution in [-0.2, 0) is 0 Å². The van der Waals surface area contributed by atoms with Crippen LogP contribution in [0.1, 0.15) is 32.6 Å². The molecule has 0 aliphatic carbocycles. The van der Waals surface area contributed by atoms with Crippen molar-refractivity contribution in [1.82, 2.24) is 10.2 Å². The second-order valence-corrected chi connectivity index (χ2v) is 4.99. The van der Waals surface area contributed by atoms with Gasteiger partial charge in [0.25, 0.3) is 0 Å². The second kappa shape index (κ2) is 6.59. The van der Waals surface area contributed by atoms with Crippen molar-refractivity contribution < 1.29 is 13.2 Å². The Bertz CT molecular complexity index is 210. The number of rotatable bonds is 5. The van der Waals surface area contributed by atoms with Crippen molar-refractivity contribution in [3.63, 3.8) is 0 Å². The highest BCUT2D eigenvalue weighted by molar-refractivity contribution is 4.77. The fourth-order valence-electron chi connectivity index (χ4n) is 2.25.